The molecule has 92 valence electrons. The van der Waals surface area contributed by atoms with Crippen molar-refractivity contribution in [2.45, 2.75) is 25.9 Å². The number of rotatable bonds is 3. The van der Waals surface area contributed by atoms with Crippen LogP contribution in [0.3, 0.4) is 0 Å². The lowest BCUT2D eigenvalue weighted by molar-refractivity contribution is 0.763. The minimum Gasteiger partial charge on any atom is -0.353 e. The predicted octanol–water partition coefficient (Wildman–Crippen LogP) is 2.52. The molecule has 2 unspecified atom stereocenters. The van der Waals surface area contributed by atoms with Crippen LogP contribution < -0.4 is 10.6 Å². The van der Waals surface area contributed by atoms with Crippen molar-refractivity contribution in [2.24, 2.45) is 10.9 Å². The molecule has 0 radical (unpaired) electrons. The molecule has 2 rings (SSSR count). The number of benzene rings is 1. The maximum atomic E-state index is 4.22. The SMILES string of the molecule is CN=C(NCc1cccc(Br)c1)NC1CC1C. The third kappa shape index (κ3) is 3.73. The Morgan fingerprint density at radius 1 is 1.53 bits per heavy atom. The molecule has 1 aliphatic rings. The second-order valence-corrected chi connectivity index (χ2v) is 5.44. The molecule has 1 aromatic carbocycles. The Morgan fingerprint density at radius 3 is 2.88 bits per heavy atom. The molecule has 1 saturated carbocycles. The van der Waals surface area contributed by atoms with E-state index in [-0.39, 0.29) is 0 Å². The molecule has 0 saturated heterocycles. The molecule has 0 aromatic heterocycles. The van der Waals surface area contributed by atoms with Crippen molar-refractivity contribution < 1.29 is 0 Å². The minimum atomic E-state index is 0.601. The van der Waals surface area contributed by atoms with Gasteiger partial charge in [-0.1, -0.05) is 35.0 Å². The van der Waals surface area contributed by atoms with Gasteiger partial charge in [0, 0.05) is 24.1 Å². The quantitative estimate of drug-likeness (QED) is 0.664. The molecule has 2 atom stereocenters. The monoisotopic (exact) mass is 295 g/mol. The number of halogens is 1. The normalized spacial score (nSPS) is 23.4. The fourth-order valence-electron chi connectivity index (χ4n) is 1.73. The van der Waals surface area contributed by atoms with Crippen molar-refractivity contribution >= 4 is 21.9 Å². The third-order valence-corrected chi connectivity index (χ3v) is 3.50. The lowest BCUT2D eigenvalue weighted by Gasteiger charge is -2.11. The van der Waals surface area contributed by atoms with E-state index in [1.165, 1.54) is 12.0 Å². The van der Waals surface area contributed by atoms with E-state index in [0.29, 0.717) is 6.04 Å². The van der Waals surface area contributed by atoms with Gasteiger partial charge in [-0.15, -0.1) is 0 Å². The molecule has 0 heterocycles. The molecular weight excluding hydrogens is 278 g/mol. The van der Waals surface area contributed by atoms with Crippen molar-refractivity contribution in [3.05, 3.63) is 34.3 Å². The van der Waals surface area contributed by atoms with Gasteiger partial charge in [0.2, 0.25) is 0 Å². The predicted molar refractivity (Wildman–Crippen MR) is 75.0 cm³/mol. The average Bonchev–Trinajstić information content (AvgIpc) is 3.00. The first-order valence-corrected chi connectivity index (χ1v) is 6.70. The zero-order chi connectivity index (χ0) is 12.3. The summed E-state index contributed by atoms with van der Waals surface area (Å²) in [6, 6.07) is 8.89. The molecule has 1 aromatic rings. The standard InChI is InChI=1S/C13H18BrN3/c1-9-6-12(9)17-13(15-2)16-8-10-4-3-5-11(14)7-10/h3-5,7,9,12H,6,8H2,1-2H3,(H2,15,16,17). The molecule has 1 fully saturated rings. The van der Waals surface area contributed by atoms with Crippen molar-refractivity contribution in [3.8, 4) is 0 Å². The maximum Gasteiger partial charge on any atom is 0.191 e. The summed E-state index contributed by atoms with van der Waals surface area (Å²) < 4.78 is 1.11. The first-order valence-electron chi connectivity index (χ1n) is 5.90. The summed E-state index contributed by atoms with van der Waals surface area (Å²) >= 11 is 3.47. The zero-order valence-electron chi connectivity index (χ0n) is 10.2. The highest BCUT2D eigenvalue weighted by molar-refractivity contribution is 9.10. The molecule has 3 nitrogen and oxygen atoms in total. The van der Waals surface area contributed by atoms with Gasteiger partial charge in [0.15, 0.2) is 5.96 Å². The van der Waals surface area contributed by atoms with Crippen LogP contribution in [-0.2, 0) is 6.54 Å². The molecule has 0 bridgehead atoms. The first kappa shape index (κ1) is 12.4. The average molecular weight is 296 g/mol. The van der Waals surface area contributed by atoms with E-state index in [1.807, 2.05) is 19.2 Å². The molecule has 0 amide bonds. The van der Waals surface area contributed by atoms with Gasteiger partial charge in [-0.3, -0.25) is 4.99 Å². The van der Waals surface area contributed by atoms with Gasteiger partial charge in [-0.2, -0.15) is 0 Å². The van der Waals surface area contributed by atoms with Crippen LogP contribution in [0.1, 0.15) is 18.9 Å². The maximum absolute atomic E-state index is 4.22. The molecule has 17 heavy (non-hydrogen) atoms. The van der Waals surface area contributed by atoms with Gasteiger partial charge in [0.25, 0.3) is 0 Å². The van der Waals surface area contributed by atoms with E-state index in [2.05, 4.69) is 50.6 Å². The van der Waals surface area contributed by atoms with Gasteiger partial charge in [-0.05, 0) is 30.0 Å². The Hall–Kier alpha value is -1.03. The highest BCUT2D eigenvalue weighted by Crippen LogP contribution is 2.28. The summed E-state index contributed by atoms with van der Waals surface area (Å²) in [4.78, 5) is 4.22. The van der Waals surface area contributed by atoms with Crippen molar-refractivity contribution in [2.75, 3.05) is 7.05 Å². The van der Waals surface area contributed by atoms with Crippen molar-refractivity contribution in [3.63, 3.8) is 0 Å². The Kier molecular flexibility index (Phi) is 4.05. The van der Waals surface area contributed by atoms with Crippen LogP contribution in [0.4, 0.5) is 0 Å². The molecule has 2 N–H and O–H groups in total. The van der Waals surface area contributed by atoms with Crippen LogP contribution in [0, 0.1) is 5.92 Å². The van der Waals surface area contributed by atoms with Gasteiger partial charge >= 0.3 is 0 Å². The Labute approximate surface area is 111 Å². The fraction of sp³-hybridized carbons (Fsp3) is 0.462. The fourth-order valence-corrected chi connectivity index (χ4v) is 2.17. The summed E-state index contributed by atoms with van der Waals surface area (Å²) in [5.74, 6) is 1.67. The van der Waals surface area contributed by atoms with E-state index in [1.54, 1.807) is 0 Å². The number of nitrogens with zero attached hydrogens (tertiary/aromatic N) is 1. The first-order chi connectivity index (χ1) is 8.19. The number of nitrogens with one attached hydrogen (secondary N) is 2. The third-order valence-electron chi connectivity index (χ3n) is 3.00. The lowest BCUT2D eigenvalue weighted by Crippen LogP contribution is -2.38. The van der Waals surface area contributed by atoms with Crippen LogP contribution in [0.2, 0.25) is 0 Å². The topological polar surface area (TPSA) is 36.4 Å². The summed E-state index contributed by atoms with van der Waals surface area (Å²) in [5, 5.41) is 6.73. The summed E-state index contributed by atoms with van der Waals surface area (Å²) in [6.07, 6.45) is 1.25. The number of guanidine groups is 1. The zero-order valence-corrected chi connectivity index (χ0v) is 11.8. The van der Waals surface area contributed by atoms with Crippen molar-refractivity contribution in [1.29, 1.82) is 0 Å². The lowest BCUT2D eigenvalue weighted by atomic mass is 10.2. The summed E-state index contributed by atoms with van der Waals surface area (Å²) in [5.41, 5.74) is 1.24. The van der Waals surface area contributed by atoms with Crippen LogP contribution in [0.25, 0.3) is 0 Å². The second kappa shape index (κ2) is 5.54. The summed E-state index contributed by atoms with van der Waals surface area (Å²) in [7, 11) is 1.81. The second-order valence-electron chi connectivity index (χ2n) is 4.52. The largest absolute Gasteiger partial charge is 0.353 e. The number of aliphatic imine (C=N–C) groups is 1. The van der Waals surface area contributed by atoms with Gasteiger partial charge in [0.1, 0.15) is 0 Å². The summed E-state index contributed by atoms with van der Waals surface area (Å²) in [6.45, 7) is 3.04. The number of hydrogen-bond acceptors (Lipinski definition) is 1. The number of hydrogen-bond donors (Lipinski definition) is 2. The Morgan fingerprint density at radius 2 is 2.29 bits per heavy atom. The Balaban J connectivity index is 1.83. The molecule has 0 spiro atoms. The highest BCUT2D eigenvalue weighted by atomic mass is 79.9. The van der Waals surface area contributed by atoms with Crippen LogP contribution in [0.5, 0.6) is 0 Å². The van der Waals surface area contributed by atoms with E-state index in [0.717, 1.165) is 22.9 Å². The minimum absolute atomic E-state index is 0.601. The molecule has 4 heteroatoms. The smallest absolute Gasteiger partial charge is 0.191 e. The molecule has 0 aliphatic heterocycles. The van der Waals surface area contributed by atoms with E-state index < -0.39 is 0 Å². The Bertz CT molecular complexity index is 417. The van der Waals surface area contributed by atoms with Crippen LogP contribution in [0.15, 0.2) is 33.7 Å². The van der Waals surface area contributed by atoms with E-state index in [4.69, 9.17) is 0 Å². The van der Waals surface area contributed by atoms with E-state index in [9.17, 15) is 0 Å². The van der Waals surface area contributed by atoms with Crippen LogP contribution >= 0.6 is 15.9 Å². The molecule has 1 aliphatic carbocycles. The van der Waals surface area contributed by atoms with Gasteiger partial charge < -0.3 is 10.6 Å². The van der Waals surface area contributed by atoms with Gasteiger partial charge in [0.05, 0.1) is 0 Å². The van der Waals surface area contributed by atoms with Crippen LogP contribution in [-0.4, -0.2) is 19.0 Å². The van der Waals surface area contributed by atoms with Crippen molar-refractivity contribution in [1.82, 2.24) is 10.6 Å². The van der Waals surface area contributed by atoms with E-state index >= 15 is 0 Å². The van der Waals surface area contributed by atoms with Gasteiger partial charge in [-0.25, -0.2) is 0 Å². The molecular formula is C13H18BrN3. The highest BCUT2D eigenvalue weighted by Gasteiger charge is 2.33.